The van der Waals surface area contributed by atoms with E-state index in [2.05, 4.69) is 31.6 Å². The standard InChI is InChI=1S/C11H15BrN4.BrH/c12-8-1-3-9(4-2-8)15-11-14-7-10(16-11)5-6-13;/h1-4,10H,5-7,13H2,(H2,14,15,16);1H/t10-;/m0./s1. The highest BCUT2D eigenvalue weighted by atomic mass is 79.9. The van der Waals surface area contributed by atoms with Crippen LogP contribution < -0.4 is 16.4 Å². The lowest BCUT2D eigenvalue weighted by Gasteiger charge is -2.11. The van der Waals surface area contributed by atoms with Gasteiger partial charge in [0, 0.05) is 16.2 Å². The van der Waals surface area contributed by atoms with Crippen molar-refractivity contribution in [3.8, 4) is 0 Å². The molecule has 0 spiro atoms. The van der Waals surface area contributed by atoms with Crippen molar-refractivity contribution in [2.24, 2.45) is 10.7 Å². The Morgan fingerprint density at radius 2 is 2.12 bits per heavy atom. The Kier molecular flexibility index (Phi) is 5.94. The lowest BCUT2D eigenvalue weighted by atomic mass is 10.2. The first-order valence-corrected chi connectivity index (χ1v) is 6.11. The van der Waals surface area contributed by atoms with Crippen LogP contribution in [0.2, 0.25) is 0 Å². The molecule has 2 rings (SSSR count). The molecule has 0 saturated heterocycles. The molecular weight excluding hydrogens is 348 g/mol. The van der Waals surface area contributed by atoms with Crippen molar-refractivity contribution in [2.75, 3.05) is 18.4 Å². The Labute approximate surface area is 120 Å². The number of guanidine groups is 1. The van der Waals surface area contributed by atoms with Gasteiger partial charge >= 0.3 is 0 Å². The lowest BCUT2D eigenvalue weighted by Crippen LogP contribution is -2.35. The van der Waals surface area contributed by atoms with Crippen LogP contribution in [0.3, 0.4) is 0 Å². The van der Waals surface area contributed by atoms with E-state index in [1.54, 1.807) is 0 Å². The van der Waals surface area contributed by atoms with Gasteiger partial charge in [0.25, 0.3) is 0 Å². The Morgan fingerprint density at radius 3 is 2.76 bits per heavy atom. The molecule has 1 atom stereocenters. The van der Waals surface area contributed by atoms with Crippen LogP contribution >= 0.6 is 32.9 Å². The van der Waals surface area contributed by atoms with E-state index in [9.17, 15) is 0 Å². The Bertz CT molecular complexity index is 378. The predicted octanol–water partition coefficient (Wildman–Crippen LogP) is 2.12. The molecule has 94 valence electrons. The fourth-order valence-corrected chi connectivity index (χ4v) is 1.86. The van der Waals surface area contributed by atoms with Crippen LogP contribution in [-0.2, 0) is 0 Å². The van der Waals surface area contributed by atoms with Gasteiger partial charge in [0.05, 0.1) is 6.54 Å². The molecule has 0 radical (unpaired) electrons. The fraction of sp³-hybridized carbons (Fsp3) is 0.364. The molecular formula is C11H16Br2N4. The van der Waals surface area contributed by atoms with Gasteiger partial charge in [-0.15, -0.1) is 17.0 Å². The van der Waals surface area contributed by atoms with Crippen molar-refractivity contribution in [1.82, 2.24) is 5.32 Å². The summed E-state index contributed by atoms with van der Waals surface area (Å²) in [4.78, 5) is 4.38. The van der Waals surface area contributed by atoms with Gasteiger partial charge in [0.1, 0.15) is 0 Å². The van der Waals surface area contributed by atoms with E-state index in [0.717, 1.165) is 29.1 Å². The second-order valence-electron chi connectivity index (χ2n) is 3.74. The Balaban J connectivity index is 0.00000144. The normalized spacial score (nSPS) is 18.0. The molecule has 6 heteroatoms. The quantitative estimate of drug-likeness (QED) is 0.770. The number of nitrogens with zero attached hydrogens (tertiary/aromatic N) is 1. The van der Waals surface area contributed by atoms with Gasteiger partial charge in [0.15, 0.2) is 5.96 Å². The van der Waals surface area contributed by atoms with Crippen LogP contribution in [0.25, 0.3) is 0 Å². The number of benzene rings is 1. The van der Waals surface area contributed by atoms with Crippen molar-refractivity contribution in [3.63, 3.8) is 0 Å². The molecule has 0 bridgehead atoms. The average molecular weight is 364 g/mol. The molecule has 0 aromatic heterocycles. The zero-order valence-electron chi connectivity index (χ0n) is 9.32. The highest BCUT2D eigenvalue weighted by Crippen LogP contribution is 2.14. The topological polar surface area (TPSA) is 62.4 Å². The Hall–Kier alpha value is -0.590. The van der Waals surface area contributed by atoms with Gasteiger partial charge < -0.3 is 16.4 Å². The van der Waals surface area contributed by atoms with E-state index in [1.807, 2.05) is 24.3 Å². The molecule has 1 heterocycles. The van der Waals surface area contributed by atoms with Gasteiger partial charge in [0.2, 0.25) is 0 Å². The van der Waals surface area contributed by atoms with E-state index in [1.165, 1.54) is 0 Å². The van der Waals surface area contributed by atoms with Gasteiger partial charge in [-0.3, -0.25) is 4.99 Å². The van der Waals surface area contributed by atoms with E-state index in [4.69, 9.17) is 5.73 Å². The number of rotatable bonds is 3. The van der Waals surface area contributed by atoms with Gasteiger partial charge in [-0.25, -0.2) is 0 Å². The zero-order valence-corrected chi connectivity index (χ0v) is 12.6. The third-order valence-electron chi connectivity index (χ3n) is 2.43. The van der Waals surface area contributed by atoms with Crippen LogP contribution in [0.1, 0.15) is 6.42 Å². The highest BCUT2D eigenvalue weighted by molar-refractivity contribution is 9.10. The van der Waals surface area contributed by atoms with Crippen LogP contribution in [0.5, 0.6) is 0 Å². The van der Waals surface area contributed by atoms with Gasteiger partial charge in [-0.1, -0.05) is 15.9 Å². The molecule has 0 saturated carbocycles. The molecule has 0 fully saturated rings. The maximum Gasteiger partial charge on any atom is 0.196 e. The number of hydrogen-bond acceptors (Lipinski definition) is 4. The number of halogens is 2. The van der Waals surface area contributed by atoms with Crippen LogP contribution in [0.4, 0.5) is 5.69 Å². The van der Waals surface area contributed by atoms with Crippen LogP contribution in [0.15, 0.2) is 33.7 Å². The summed E-state index contributed by atoms with van der Waals surface area (Å²) >= 11 is 3.40. The van der Waals surface area contributed by atoms with Crippen molar-refractivity contribution in [1.29, 1.82) is 0 Å². The van der Waals surface area contributed by atoms with Crippen molar-refractivity contribution < 1.29 is 0 Å². The van der Waals surface area contributed by atoms with Gasteiger partial charge in [-0.2, -0.15) is 0 Å². The number of nitrogens with two attached hydrogens (primary N) is 1. The summed E-state index contributed by atoms with van der Waals surface area (Å²) in [5.74, 6) is 0.834. The predicted molar refractivity (Wildman–Crippen MR) is 81.0 cm³/mol. The second-order valence-corrected chi connectivity index (χ2v) is 4.66. The third-order valence-corrected chi connectivity index (χ3v) is 2.96. The highest BCUT2D eigenvalue weighted by Gasteiger charge is 2.15. The summed E-state index contributed by atoms with van der Waals surface area (Å²) in [6.45, 7) is 1.49. The fourth-order valence-electron chi connectivity index (χ4n) is 1.60. The van der Waals surface area contributed by atoms with E-state index < -0.39 is 0 Å². The number of aliphatic imine (C=N–C) groups is 1. The lowest BCUT2D eigenvalue weighted by molar-refractivity contribution is 0.609. The zero-order chi connectivity index (χ0) is 11.4. The van der Waals surface area contributed by atoms with Crippen molar-refractivity contribution in [2.45, 2.75) is 12.5 Å². The summed E-state index contributed by atoms with van der Waals surface area (Å²) in [6, 6.07) is 8.38. The smallest absolute Gasteiger partial charge is 0.196 e. The molecule has 1 aliphatic heterocycles. The summed E-state index contributed by atoms with van der Waals surface area (Å²) in [7, 11) is 0. The van der Waals surface area contributed by atoms with Crippen LogP contribution in [0, 0.1) is 0 Å². The SMILES string of the molecule is Br.NCC[C@H]1CN=C(Nc2ccc(Br)cc2)N1. The maximum absolute atomic E-state index is 5.51. The monoisotopic (exact) mass is 362 g/mol. The van der Waals surface area contributed by atoms with Crippen molar-refractivity contribution in [3.05, 3.63) is 28.7 Å². The molecule has 4 N–H and O–H groups in total. The largest absolute Gasteiger partial charge is 0.351 e. The summed E-state index contributed by atoms with van der Waals surface area (Å²) in [5, 5.41) is 6.54. The molecule has 0 unspecified atom stereocenters. The summed E-state index contributed by atoms with van der Waals surface area (Å²) in [5.41, 5.74) is 6.54. The number of nitrogens with one attached hydrogen (secondary N) is 2. The van der Waals surface area contributed by atoms with E-state index in [0.29, 0.717) is 12.6 Å². The molecule has 1 aromatic carbocycles. The number of hydrogen-bond donors (Lipinski definition) is 3. The molecule has 0 aliphatic carbocycles. The molecule has 1 aromatic rings. The van der Waals surface area contributed by atoms with E-state index >= 15 is 0 Å². The minimum atomic E-state index is 0. The summed E-state index contributed by atoms with van der Waals surface area (Å²) in [6.07, 6.45) is 0.953. The molecule has 4 nitrogen and oxygen atoms in total. The average Bonchev–Trinajstić information content (AvgIpc) is 2.70. The molecule has 17 heavy (non-hydrogen) atoms. The van der Waals surface area contributed by atoms with E-state index in [-0.39, 0.29) is 17.0 Å². The molecule has 0 amide bonds. The maximum atomic E-state index is 5.51. The Morgan fingerprint density at radius 1 is 1.41 bits per heavy atom. The van der Waals surface area contributed by atoms with Crippen LogP contribution in [-0.4, -0.2) is 25.1 Å². The minimum Gasteiger partial charge on any atom is -0.351 e. The first-order valence-electron chi connectivity index (χ1n) is 5.31. The minimum absolute atomic E-state index is 0. The summed E-state index contributed by atoms with van der Waals surface area (Å²) < 4.78 is 1.07. The molecule has 1 aliphatic rings. The second kappa shape index (κ2) is 6.98. The first kappa shape index (κ1) is 14.5. The third kappa shape index (κ3) is 4.29. The van der Waals surface area contributed by atoms with Gasteiger partial charge in [-0.05, 0) is 37.2 Å². The number of anilines is 1. The first-order chi connectivity index (χ1) is 7.78. The van der Waals surface area contributed by atoms with Crippen molar-refractivity contribution >= 4 is 44.6 Å².